The van der Waals surface area contributed by atoms with Crippen LogP contribution in [-0.4, -0.2) is 9.78 Å². The summed E-state index contributed by atoms with van der Waals surface area (Å²) in [4.78, 5) is 0. The largest absolute Gasteiger partial charge is 0.267 e. The van der Waals surface area contributed by atoms with E-state index >= 15 is 0 Å². The van der Waals surface area contributed by atoms with E-state index in [0.717, 1.165) is 14.8 Å². The lowest BCUT2D eigenvalue weighted by Gasteiger charge is -2.06. The lowest BCUT2D eigenvalue weighted by atomic mass is 10.2. The third-order valence-electron chi connectivity index (χ3n) is 2.27. The summed E-state index contributed by atoms with van der Waals surface area (Å²) in [5.41, 5.74) is 2.06. The van der Waals surface area contributed by atoms with Gasteiger partial charge in [0.2, 0.25) is 0 Å². The fraction of sp³-hybridized carbons (Fsp3) is 0.182. The first-order valence-corrected chi connectivity index (χ1v) is 6.54. The number of aryl methyl sites for hydroxylation is 1. The van der Waals surface area contributed by atoms with Crippen LogP contribution in [0.4, 0.5) is 0 Å². The van der Waals surface area contributed by atoms with Crippen molar-refractivity contribution < 1.29 is 0 Å². The first-order chi connectivity index (χ1) is 7.58. The zero-order chi connectivity index (χ0) is 11.7. The summed E-state index contributed by atoms with van der Waals surface area (Å²) in [5, 5.41) is 5.73. The molecular formula is C11H9Cl2IN2. The van der Waals surface area contributed by atoms with Gasteiger partial charge in [0, 0.05) is 27.4 Å². The van der Waals surface area contributed by atoms with Crippen molar-refractivity contribution in [3.05, 3.63) is 49.3 Å². The quantitative estimate of drug-likeness (QED) is 0.730. The van der Waals surface area contributed by atoms with Crippen molar-refractivity contribution >= 4 is 45.8 Å². The molecule has 1 heterocycles. The summed E-state index contributed by atoms with van der Waals surface area (Å²) in [6, 6.07) is 5.51. The minimum Gasteiger partial charge on any atom is -0.267 e. The zero-order valence-electron chi connectivity index (χ0n) is 8.54. The van der Waals surface area contributed by atoms with Gasteiger partial charge in [-0.15, -0.1) is 0 Å². The lowest BCUT2D eigenvalue weighted by molar-refractivity contribution is 0.681. The van der Waals surface area contributed by atoms with Crippen molar-refractivity contribution in [2.75, 3.05) is 0 Å². The molecule has 84 valence electrons. The second-order valence-electron chi connectivity index (χ2n) is 3.50. The van der Waals surface area contributed by atoms with Crippen LogP contribution in [0.3, 0.4) is 0 Å². The molecule has 0 bridgehead atoms. The SMILES string of the molecule is Cc1cn(Cc2c(Cl)cccc2Cl)nc1I. The minimum absolute atomic E-state index is 0.600. The Morgan fingerprint density at radius 3 is 2.44 bits per heavy atom. The molecule has 0 aliphatic rings. The van der Waals surface area contributed by atoms with E-state index in [1.54, 1.807) is 0 Å². The van der Waals surface area contributed by atoms with Gasteiger partial charge >= 0.3 is 0 Å². The number of aromatic nitrogens is 2. The predicted octanol–water partition coefficient (Wildman–Crippen LogP) is 4.15. The van der Waals surface area contributed by atoms with Crippen LogP contribution in [0, 0.1) is 10.6 Å². The Bertz CT molecular complexity index is 483. The van der Waals surface area contributed by atoms with Gasteiger partial charge in [0.25, 0.3) is 0 Å². The van der Waals surface area contributed by atoms with E-state index in [9.17, 15) is 0 Å². The van der Waals surface area contributed by atoms with Crippen LogP contribution in [0.1, 0.15) is 11.1 Å². The first kappa shape index (κ1) is 12.2. The smallest absolute Gasteiger partial charge is 0.126 e. The molecule has 2 rings (SSSR count). The summed E-state index contributed by atoms with van der Waals surface area (Å²) in [5.74, 6) is 0. The molecule has 0 radical (unpaired) electrons. The standard InChI is InChI=1S/C11H9Cl2IN2/c1-7-5-16(15-11(7)14)6-8-9(12)3-2-4-10(8)13/h2-5H,6H2,1H3. The molecule has 0 unspecified atom stereocenters. The van der Waals surface area contributed by atoms with Gasteiger partial charge in [0.1, 0.15) is 3.70 Å². The number of hydrogen-bond donors (Lipinski definition) is 0. The molecule has 0 atom stereocenters. The van der Waals surface area contributed by atoms with Crippen molar-refractivity contribution in [3.63, 3.8) is 0 Å². The molecule has 0 aliphatic carbocycles. The summed E-state index contributed by atoms with van der Waals surface area (Å²) in [6.07, 6.45) is 1.99. The Labute approximate surface area is 118 Å². The molecule has 1 aromatic carbocycles. The summed E-state index contributed by atoms with van der Waals surface area (Å²) >= 11 is 14.4. The van der Waals surface area contributed by atoms with Crippen molar-refractivity contribution in [1.29, 1.82) is 0 Å². The van der Waals surface area contributed by atoms with E-state index in [0.29, 0.717) is 16.6 Å². The third-order valence-corrected chi connectivity index (χ3v) is 4.04. The highest BCUT2D eigenvalue weighted by molar-refractivity contribution is 14.1. The molecule has 2 nitrogen and oxygen atoms in total. The molecule has 0 saturated carbocycles. The molecular weight excluding hydrogens is 358 g/mol. The van der Waals surface area contributed by atoms with Crippen LogP contribution in [0.25, 0.3) is 0 Å². The van der Waals surface area contributed by atoms with E-state index in [2.05, 4.69) is 27.7 Å². The molecule has 0 N–H and O–H groups in total. The van der Waals surface area contributed by atoms with Gasteiger partial charge < -0.3 is 0 Å². The van der Waals surface area contributed by atoms with Gasteiger partial charge in [-0.1, -0.05) is 29.3 Å². The van der Waals surface area contributed by atoms with Crippen LogP contribution in [0.5, 0.6) is 0 Å². The maximum Gasteiger partial charge on any atom is 0.126 e. The van der Waals surface area contributed by atoms with Crippen LogP contribution < -0.4 is 0 Å². The molecule has 5 heteroatoms. The number of nitrogens with zero attached hydrogens (tertiary/aromatic N) is 2. The average molecular weight is 367 g/mol. The van der Waals surface area contributed by atoms with Gasteiger partial charge in [-0.05, 0) is 41.6 Å². The van der Waals surface area contributed by atoms with Gasteiger partial charge in [-0.2, -0.15) is 5.10 Å². The average Bonchev–Trinajstić information content (AvgIpc) is 2.53. The topological polar surface area (TPSA) is 17.8 Å². The minimum atomic E-state index is 0.600. The number of hydrogen-bond acceptors (Lipinski definition) is 1. The van der Waals surface area contributed by atoms with Crippen molar-refractivity contribution in [3.8, 4) is 0 Å². The fourth-order valence-corrected chi connectivity index (χ4v) is 2.36. The van der Waals surface area contributed by atoms with E-state index in [1.807, 2.05) is 36.0 Å². The number of benzene rings is 1. The third kappa shape index (κ3) is 2.52. The Morgan fingerprint density at radius 1 is 1.31 bits per heavy atom. The van der Waals surface area contributed by atoms with Gasteiger partial charge in [-0.3, -0.25) is 4.68 Å². The molecule has 0 aliphatic heterocycles. The van der Waals surface area contributed by atoms with Gasteiger partial charge in [-0.25, -0.2) is 0 Å². The Morgan fingerprint density at radius 2 is 1.94 bits per heavy atom. The second kappa shape index (κ2) is 4.94. The maximum atomic E-state index is 6.10. The predicted molar refractivity (Wildman–Crippen MR) is 75.2 cm³/mol. The van der Waals surface area contributed by atoms with Crippen molar-refractivity contribution in [2.45, 2.75) is 13.5 Å². The first-order valence-electron chi connectivity index (χ1n) is 4.70. The molecule has 1 aromatic heterocycles. The highest BCUT2D eigenvalue weighted by atomic mass is 127. The van der Waals surface area contributed by atoms with Crippen LogP contribution in [0.15, 0.2) is 24.4 Å². The lowest BCUT2D eigenvalue weighted by Crippen LogP contribution is -2.01. The van der Waals surface area contributed by atoms with Crippen molar-refractivity contribution in [1.82, 2.24) is 9.78 Å². The molecule has 0 fully saturated rings. The van der Waals surface area contributed by atoms with E-state index in [4.69, 9.17) is 23.2 Å². The highest BCUT2D eigenvalue weighted by Crippen LogP contribution is 2.25. The molecule has 0 saturated heterocycles. The molecule has 0 amide bonds. The highest BCUT2D eigenvalue weighted by Gasteiger charge is 2.08. The van der Waals surface area contributed by atoms with Crippen LogP contribution >= 0.6 is 45.8 Å². The van der Waals surface area contributed by atoms with Crippen molar-refractivity contribution in [2.24, 2.45) is 0 Å². The van der Waals surface area contributed by atoms with Gasteiger partial charge in [0.05, 0.1) is 6.54 Å². The Balaban J connectivity index is 2.33. The Kier molecular flexibility index (Phi) is 3.77. The van der Waals surface area contributed by atoms with Crippen LogP contribution in [0.2, 0.25) is 10.0 Å². The summed E-state index contributed by atoms with van der Waals surface area (Å²) in [6.45, 7) is 2.63. The Hall–Kier alpha value is -0.260. The maximum absolute atomic E-state index is 6.10. The summed E-state index contributed by atoms with van der Waals surface area (Å²) in [7, 11) is 0. The number of halogens is 3. The molecule has 16 heavy (non-hydrogen) atoms. The number of rotatable bonds is 2. The van der Waals surface area contributed by atoms with Crippen LogP contribution in [-0.2, 0) is 6.54 Å². The zero-order valence-corrected chi connectivity index (χ0v) is 12.2. The van der Waals surface area contributed by atoms with E-state index in [1.165, 1.54) is 0 Å². The monoisotopic (exact) mass is 366 g/mol. The summed E-state index contributed by atoms with van der Waals surface area (Å²) < 4.78 is 2.85. The van der Waals surface area contributed by atoms with E-state index < -0.39 is 0 Å². The molecule has 0 spiro atoms. The second-order valence-corrected chi connectivity index (χ2v) is 5.34. The fourth-order valence-electron chi connectivity index (χ4n) is 1.42. The normalized spacial score (nSPS) is 10.8. The van der Waals surface area contributed by atoms with E-state index in [-0.39, 0.29) is 0 Å². The van der Waals surface area contributed by atoms with Gasteiger partial charge in [0.15, 0.2) is 0 Å². The molecule has 2 aromatic rings.